The van der Waals surface area contributed by atoms with Gasteiger partial charge in [0.2, 0.25) is 0 Å². The first-order valence-corrected chi connectivity index (χ1v) is 12.2. The number of amides is 1. The summed E-state index contributed by atoms with van der Waals surface area (Å²) in [4.78, 5) is 17.6. The fraction of sp³-hybridized carbons (Fsp3) is 0.458. The zero-order valence-corrected chi connectivity index (χ0v) is 19.0. The zero-order chi connectivity index (χ0) is 21.7. The molecular formula is C24H27N5O2S. The van der Waals surface area contributed by atoms with E-state index in [1.165, 1.54) is 10.4 Å². The van der Waals surface area contributed by atoms with Crippen molar-refractivity contribution in [3.8, 4) is 11.4 Å². The summed E-state index contributed by atoms with van der Waals surface area (Å²) >= 11 is 1.64. The molecule has 8 heteroatoms. The lowest BCUT2D eigenvalue weighted by atomic mass is 9.86. The number of piperidine rings is 1. The Balaban J connectivity index is 1.28. The van der Waals surface area contributed by atoms with Crippen LogP contribution in [0.4, 0.5) is 0 Å². The Morgan fingerprint density at radius 2 is 2.03 bits per heavy atom. The largest absolute Gasteiger partial charge is 0.369 e. The average molecular weight is 450 g/mol. The number of benzene rings is 1. The van der Waals surface area contributed by atoms with E-state index in [2.05, 4.69) is 45.2 Å². The second kappa shape index (κ2) is 7.79. The lowest BCUT2D eigenvalue weighted by Gasteiger charge is -2.40. The first-order chi connectivity index (χ1) is 15.6. The Hall–Kier alpha value is -2.55. The standard InChI is InChI=1S/C24H27N5O2S/c1-16-14-28(15-20-26-27-22(29(16)20)17-5-3-2-4-6-17)23(30)19-13-18-7-12-31-24(21(18)32-19)8-10-25-11-9-24/h2-6,13,16,25H,7-12,14-15H2,1H3/t16-/m0/s1. The van der Waals surface area contributed by atoms with Crippen molar-refractivity contribution in [1.82, 2.24) is 25.0 Å². The van der Waals surface area contributed by atoms with Gasteiger partial charge in [0, 0.05) is 17.0 Å². The Bertz CT molecular complexity index is 1150. The molecule has 6 rings (SSSR count). The topological polar surface area (TPSA) is 72.3 Å². The number of hydrogen-bond acceptors (Lipinski definition) is 6. The molecule has 3 aliphatic rings. The molecule has 3 aliphatic heterocycles. The minimum atomic E-state index is -0.206. The summed E-state index contributed by atoms with van der Waals surface area (Å²) in [5.74, 6) is 1.81. The van der Waals surface area contributed by atoms with Gasteiger partial charge in [-0.05, 0) is 50.9 Å². The molecule has 5 heterocycles. The van der Waals surface area contributed by atoms with Crippen LogP contribution >= 0.6 is 11.3 Å². The number of carbonyl (C=O) groups excluding carboxylic acids is 1. The smallest absolute Gasteiger partial charge is 0.264 e. The van der Waals surface area contributed by atoms with Crippen LogP contribution in [0.2, 0.25) is 0 Å². The summed E-state index contributed by atoms with van der Waals surface area (Å²) in [6.07, 6.45) is 2.83. The molecule has 1 fully saturated rings. The molecule has 1 aromatic carbocycles. The minimum Gasteiger partial charge on any atom is -0.369 e. The normalized spacial score (nSPS) is 21.9. The van der Waals surface area contributed by atoms with E-state index in [-0.39, 0.29) is 17.6 Å². The fourth-order valence-electron chi connectivity index (χ4n) is 5.35. The number of thiophene rings is 1. The van der Waals surface area contributed by atoms with Gasteiger partial charge in [-0.2, -0.15) is 0 Å². The molecule has 2 aromatic heterocycles. The van der Waals surface area contributed by atoms with Crippen LogP contribution in [0.1, 0.15) is 51.7 Å². The van der Waals surface area contributed by atoms with Crippen LogP contribution in [-0.4, -0.2) is 51.8 Å². The predicted molar refractivity (Wildman–Crippen MR) is 123 cm³/mol. The highest BCUT2D eigenvalue weighted by molar-refractivity contribution is 7.14. The van der Waals surface area contributed by atoms with Gasteiger partial charge in [-0.25, -0.2) is 0 Å². The monoisotopic (exact) mass is 449 g/mol. The highest BCUT2D eigenvalue weighted by Gasteiger charge is 2.41. The molecule has 0 bridgehead atoms. The molecule has 0 aliphatic carbocycles. The first-order valence-electron chi connectivity index (χ1n) is 11.4. The first kappa shape index (κ1) is 20.1. The molecule has 1 N–H and O–H groups in total. The van der Waals surface area contributed by atoms with E-state index in [4.69, 9.17) is 4.74 Å². The molecule has 1 atom stereocenters. The van der Waals surface area contributed by atoms with Crippen LogP contribution in [0.15, 0.2) is 36.4 Å². The van der Waals surface area contributed by atoms with Gasteiger partial charge in [0.15, 0.2) is 11.6 Å². The van der Waals surface area contributed by atoms with Crippen LogP contribution in [0.3, 0.4) is 0 Å². The molecule has 0 radical (unpaired) electrons. The highest BCUT2D eigenvalue weighted by Crippen LogP contribution is 2.44. The number of ether oxygens (including phenoxy) is 1. The van der Waals surface area contributed by atoms with Crippen LogP contribution in [0.5, 0.6) is 0 Å². The molecule has 3 aromatic rings. The van der Waals surface area contributed by atoms with E-state index in [0.29, 0.717) is 13.1 Å². The Morgan fingerprint density at radius 1 is 1.22 bits per heavy atom. The molecule has 32 heavy (non-hydrogen) atoms. The molecule has 0 unspecified atom stereocenters. The SMILES string of the molecule is C[C@H]1CN(C(=O)c2cc3c(s2)C2(CCNCC2)OCC3)Cc2nnc(-c3ccccc3)n21. The third-order valence-electron chi connectivity index (χ3n) is 6.94. The fourth-order valence-corrected chi connectivity index (χ4v) is 6.73. The van der Waals surface area contributed by atoms with Gasteiger partial charge in [0.25, 0.3) is 5.91 Å². The number of aromatic nitrogens is 3. The minimum absolute atomic E-state index is 0.0934. The van der Waals surface area contributed by atoms with E-state index >= 15 is 0 Å². The van der Waals surface area contributed by atoms with Gasteiger partial charge in [-0.15, -0.1) is 21.5 Å². The van der Waals surface area contributed by atoms with Gasteiger partial charge in [-0.3, -0.25) is 4.79 Å². The Kier molecular flexibility index (Phi) is 4.89. The van der Waals surface area contributed by atoms with Crippen molar-refractivity contribution >= 4 is 17.2 Å². The van der Waals surface area contributed by atoms with Crippen LogP contribution in [-0.2, 0) is 23.3 Å². The molecule has 166 valence electrons. The van der Waals surface area contributed by atoms with Crippen LogP contribution in [0.25, 0.3) is 11.4 Å². The third kappa shape index (κ3) is 3.20. The van der Waals surface area contributed by atoms with Gasteiger partial charge in [0.1, 0.15) is 5.60 Å². The van der Waals surface area contributed by atoms with E-state index in [0.717, 1.165) is 61.0 Å². The molecule has 1 amide bonds. The average Bonchev–Trinajstić information content (AvgIpc) is 3.46. The summed E-state index contributed by atoms with van der Waals surface area (Å²) < 4.78 is 8.48. The highest BCUT2D eigenvalue weighted by atomic mass is 32.1. The Morgan fingerprint density at radius 3 is 2.84 bits per heavy atom. The summed E-state index contributed by atoms with van der Waals surface area (Å²) in [6.45, 7) is 5.93. The van der Waals surface area contributed by atoms with Crippen LogP contribution < -0.4 is 5.32 Å². The van der Waals surface area contributed by atoms with Crippen molar-refractivity contribution in [2.24, 2.45) is 0 Å². The predicted octanol–water partition coefficient (Wildman–Crippen LogP) is 3.38. The summed E-state index contributed by atoms with van der Waals surface area (Å²) in [5, 5.41) is 12.3. The molecule has 1 spiro atoms. The maximum atomic E-state index is 13.5. The quantitative estimate of drug-likeness (QED) is 0.649. The lowest BCUT2D eigenvalue weighted by Crippen LogP contribution is -2.44. The number of hydrogen-bond donors (Lipinski definition) is 1. The number of fused-ring (bicyclic) bond motifs is 3. The van der Waals surface area contributed by atoms with Crippen molar-refractivity contribution in [1.29, 1.82) is 0 Å². The number of nitrogens with zero attached hydrogens (tertiary/aromatic N) is 4. The third-order valence-corrected chi connectivity index (χ3v) is 8.29. The van der Waals surface area contributed by atoms with Gasteiger partial charge in [0.05, 0.1) is 24.1 Å². The summed E-state index contributed by atoms with van der Waals surface area (Å²) in [7, 11) is 0. The number of carbonyl (C=O) groups is 1. The summed E-state index contributed by atoms with van der Waals surface area (Å²) in [6, 6.07) is 12.4. The van der Waals surface area contributed by atoms with Gasteiger partial charge >= 0.3 is 0 Å². The van der Waals surface area contributed by atoms with Crippen LogP contribution in [0, 0.1) is 0 Å². The maximum Gasteiger partial charge on any atom is 0.264 e. The Labute approximate surface area is 191 Å². The second-order valence-corrected chi connectivity index (χ2v) is 10.1. The maximum absolute atomic E-state index is 13.5. The van der Waals surface area contributed by atoms with Gasteiger partial charge < -0.3 is 19.5 Å². The number of rotatable bonds is 2. The van der Waals surface area contributed by atoms with E-state index in [1.807, 2.05) is 23.1 Å². The molecular weight excluding hydrogens is 422 g/mol. The summed E-state index contributed by atoms with van der Waals surface area (Å²) in [5.41, 5.74) is 2.14. The second-order valence-electron chi connectivity index (χ2n) is 9.02. The lowest BCUT2D eigenvalue weighted by molar-refractivity contribution is -0.0771. The van der Waals surface area contributed by atoms with Crippen molar-refractivity contribution in [3.05, 3.63) is 57.5 Å². The van der Waals surface area contributed by atoms with Crippen molar-refractivity contribution < 1.29 is 9.53 Å². The van der Waals surface area contributed by atoms with E-state index < -0.39 is 0 Å². The van der Waals surface area contributed by atoms with E-state index in [1.54, 1.807) is 11.3 Å². The van der Waals surface area contributed by atoms with E-state index in [9.17, 15) is 4.79 Å². The van der Waals surface area contributed by atoms with Crippen molar-refractivity contribution in [2.45, 2.75) is 44.4 Å². The number of nitrogens with one attached hydrogen (secondary N) is 1. The molecule has 1 saturated heterocycles. The van der Waals surface area contributed by atoms with Crippen molar-refractivity contribution in [2.75, 3.05) is 26.2 Å². The molecule has 0 saturated carbocycles. The van der Waals surface area contributed by atoms with Crippen molar-refractivity contribution in [3.63, 3.8) is 0 Å². The van der Waals surface area contributed by atoms with Gasteiger partial charge in [-0.1, -0.05) is 30.3 Å². The molecule has 7 nitrogen and oxygen atoms in total. The zero-order valence-electron chi connectivity index (χ0n) is 18.2.